The van der Waals surface area contributed by atoms with E-state index in [4.69, 9.17) is 4.98 Å². The molecule has 0 amide bonds. The molecule has 0 atom stereocenters. The van der Waals surface area contributed by atoms with E-state index in [9.17, 15) is 0 Å². The molecule has 39 heavy (non-hydrogen) atoms. The molecule has 3 nitrogen and oxygen atoms in total. The third-order valence-corrected chi connectivity index (χ3v) is 7.70. The summed E-state index contributed by atoms with van der Waals surface area (Å²) in [5.74, 6) is 0.927. The zero-order valence-corrected chi connectivity index (χ0v) is 21.1. The van der Waals surface area contributed by atoms with Crippen molar-refractivity contribution in [2.24, 2.45) is 0 Å². The summed E-state index contributed by atoms with van der Waals surface area (Å²) in [7, 11) is 0. The second kappa shape index (κ2) is 8.64. The van der Waals surface area contributed by atoms with Gasteiger partial charge in [-0.2, -0.15) is 0 Å². The van der Waals surface area contributed by atoms with Gasteiger partial charge in [0.05, 0.1) is 11.2 Å². The molecule has 3 heterocycles. The SMILES string of the molecule is c1cc(-c2ccc3c4ccccc4c4ccccc4c3c2)cc(-c2nc(-c3ccncc3)c3ccccn23)c1. The molecule has 0 aliphatic rings. The number of pyridine rings is 2. The molecule has 0 spiro atoms. The van der Waals surface area contributed by atoms with Crippen molar-refractivity contribution in [3.05, 3.63) is 140 Å². The van der Waals surface area contributed by atoms with Gasteiger partial charge < -0.3 is 0 Å². The molecule has 0 aliphatic heterocycles. The fraction of sp³-hybridized carbons (Fsp3) is 0. The van der Waals surface area contributed by atoms with Crippen LogP contribution in [0.2, 0.25) is 0 Å². The number of aromatic nitrogens is 3. The monoisotopic (exact) mass is 497 g/mol. The van der Waals surface area contributed by atoms with Crippen LogP contribution in [-0.4, -0.2) is 14.4 Å². The molecule has 3 heteroatoms. The van der Waals surface area contributed by atoms with Crippen molar-refractivity contribution in [2.45, 2.75) is 0 Å². The highest BCUT2D eigenvalue weighted by Gasteiger charge is 2.15. The fourth-order valence-electron chi connectivity index (χ4n) is 5.89. The van der Waals surface area contributed by atoms with Gasteiger partial charge >= 0.3 is 0 Å². The van der Waals surface area contributed by atoms with E-state index >= 15 is 0 Å². The number of imidazole rings is 1. The third-order valence-electron chi connectivity index (χ3n) is 7.70. The Kier molecular flexibility index (Phi) is 4.82. The molecule has 0 saturated carbocycles. The van der Waals surface area contributed by atoms with Gasteiger partial charge in [0.2, 0.25) is 0 Å². The molecular weight excluding hydrogens is 474 g/mol. The molecule has 182 valence electrons. The van der Waals surface area contributed by atoms with Gasteiger partial charge in [-0.05, 0) is 79.8 Å². The predicted octanol–water partition coefficient (Wildman–Crippen LogP) is 9.19. The van der Waals surface area contributed by atoms with Crippen LogP contribution in [0.3, 0.4) is 0 Å². The Morgan fingerprint density at radius 2 is 1.05 bits per heavy atom. The lowest BCUT2D eigenvalue weighted by Crippen LogP contribution is -1.89. The average molecular weight is 498 g/mol. The summed E-state index contributed by atoms with van der Waals surface area (Å²) in [4.78, 5) is 9.31. The van der Waals surface area contributed by atoms with Crippen LogP contribution >= 0.6 is 0 Å². The molecule has 5 aromatic carbocycles. The predicted molar refractivity (Wildman–Crippen MR) is 162 cm³/mol. The molecule has 0 saturated heterocycles. The number of benzene rings is 5. The lowest BCUT2D eigenvalue weighted by atomic mass is 9.92. The van der Waals surface area contributed by atoms with E-state index < -0.39 is 0 Å². The summed E-state index contributed by atoms with van der Waals surface area (Å²) < 4.78 is 2.18. The van der Waals surface area contributed by atoms with E-state index in [0.29, 0.717) is 0 Å². The van der Waals surface area contributed by atoms with Gasteiger partial charge in [0.25, 0.3) is 0 Å². The van der Waals surface area contributed by atoms with Crippen LogP contribution in [0.15, 0.2) is 140 Å². The van der Waals surface area contributed by atoms with Crippen molar-refractivity contribution in [1.29, 1.82) is 0 Å². The highest BCUT2D eigenvalue weighted by atomic mass is 15.0. The highest BCUT2D eigenvalue weighted by molar-refractivity contribution is 6.25. The standard InChI is InChI=1S/C36H23N3/c1-2-12-30-28(10-1)29-11-3-4-13-31(29)33-23-26(15-16-32(30)33)25-8-7-9-27(22-25)36-38-35(24-17-19-37-20-18-24)34-14-5-6-21-39(34)36/h1-23H. The first-order chi connectivity index (χ1) is 19.3. The number of rotatable bonds is 3. The topological polar surface area (TPSA) is 30.2 Å². The number of hydrogen-bond donors (Lipinski definition) is 0. The minimum Gasteiger partial charge on any atom is -0.299 e. The maximum atomic E-state index is 5.12. The molecule has 0 unspecified atom stereocenters. The van der Waals surface area contributed by atoms with Crippen molar-refractivity contribution in [3.63, 3.8) is 0 Å². The molecule has 3 aromatic heterocycles. The Morgan fingerprint density at radius 1 is 0.436 bits per heavy atom. The van der Waals surface area contributed by atoms with Gasteiger partial charge in [0.1, 0.15) is 5.82 Å². The molecule has 8 rings (SSSR count). The van der Waals surface area contributed by atoms with Gasteiger partial charge in [0.15, 0.2) is 0 Å². The maximum absolute atomic E-state index is 5.12. The van der Waals surface area contributed by atoms with Gasteiger partial charge in [-0.1, -0.05) is 84.9 Å². The molecule has 0 aliphatic carbocycles. The van der Waals surface area contributed by atoms with Gasteiger partial charge in [0, 0.05) is 29.7 Å². The van der Waals surface area contributed by atoms with E-state index in [2.05, 4.69) is 125 Å². The van der Waals surface area contributed by atoms with Crippen molar-refractivity contribution in [1.82, 2.24) is 14.4 Å². The Hall–Kier alpha value is -5.28. The second-order valence-corrected chi connectivity index (χ2v) is 9.91. The van der Waals surface area contributed by atoms with Gasteiger partial charge in [-0.25, -0.2) is 4.98 Å². The van der Waals surface area contributed by atoms with E-state index in [0.717, 1.165) is 28.2 Å². The first kappa shape index (κ1) is 21.8. The molecule has 0 N–H and O–H groups in total. The van der Waals surface area contributed by atoms with Gasteiger partial charge in [-0.3, -0.25) is 9.38 Å². The summed E-state index contributed by atoms with van der Waals surface area (Å²) in [5, 5.41) is 7.72. The highest BCUT2D eigenvalue weighted by Crippen LogP contribution is 2.38. The van der Waals surface area contributed by atoms with Crippen molar-refractivity contribution < 1.29 is 0 Å². The molecule has 8 aromatic rings. The number of fused-ring (bicyclic) bond motifs is 7. The minimum atomic E-state index is 0.927. The lowest BCUT2D eigenvalue weighted by molar-refractivity contribution is 1.16. The largest absolute Gasteiger partial charge is 0.299 e. The third kappa shape index (κ3) is 3.44. The first-order valence-electron chi connectivity index (χ1n) is 13.2. The van der Waals surface area contributed by atoms with Crippen molar-refractivity contribution >= 4 is 37.8 Å². The van der Waals surface area contributed by atoms with Crippen molar-refractivity contribution in [3.8, 4) is 33.8 Å². The van der Waals surface area contributed by atoms with Crippen LogP contribution in [0.5, 0.6) is 0 Å². The first-order valence-corrected chi connectivity index (χ1v) is 13.2. The van der Waals surface area contributed by atoms with E-state index in [1.807, 2.05) is 24.5 Å². The smallest absolute Gasteiger partial charge is 0.145 e. The number of hydrogen-bond acceptors (Lipinski definition) is 2. The van der Waals surface area contributed by atoms with E-state index in [1.54, 1.807) is 0 Å². The summed E-state index contributed by atoms with van der Waals surface area (Å²) in [5.41, 5.74) is 6.54. The summed E-state index contributed by atoms with van der Waals surface area (Å²) in [6.45, 7) is 0. The zero-order valence-electron chi connectivity index (χ0n) is 21.1. The van der Waals surface area contributed by atoms with Crippen LogP contribution < -0.4 is 0 Å². The van der Waals surface area contributed by atoms with Gasteiger partial charge in [-0.15, -0.1) is 0 Å². The summed E-state index contributed by atoms with van der Waals surface area (Å²) in [6.07, 6.45) is 5.72. The van der Waals surface area contributed by atoms with Crippen LogP contribution in [0.4, 0.5) is 0 Å². The Bertz CT molecular complexity index is 2140. The van der Waals surface area contributed by atoms with Crippen LogP contribution in [0.1, 0.15) is 0 Å². The van der Waals surface area contributed by atoms with Crippen LogP contribution in [0, 0.1) is 0 Å². The number of nitrogens with zero attached hydrogens (tertiary/aromatic N) is 3. The normalized spacial score (nSPS) is 11.6. The van der Waals surface area contributed by atoms with Crippen LogP contribution in [-0.2, 0) is 0 Å². The molecule has 0 fully saturated rings. The van der Waals surface area contributed by atoms with Crippen LogP contribution in [0.25, 0.3) is 71.6 Å². The Labute approximate surface area is 225 Å². The van der Waals surface area contributed by atoms with E-state index in [1.165, 1.54) is 43.4 Å². The molecule has 0 bridgehead atoms. The quantitative estimate of drug-likeness (QED) is 0.228. The van der Waals surface area contributed by atoms with E-state index in [-0.39, 0.29) is 0 Å². The average Bonchev–Trinajstić information content (AvgIpc) is 3.41. The lowest BCUT2D eigenvalue weighted by Gasteiger charge is -2.12. The molecule has 0 radical (unpaired) electrons. The summed E-state index contributed by atoms with van der Waals surface area (Å²) in [6, 6.07) is 43.3. The fourth-order valence-corrected chi connectivity index (χ4v) is 5.89. The van der Waals surface area contributed by atoms with Crippen molar-refractivity contribution in [2.75, 3.05) is 0 Å². The maximum Gasteiger partial charge on any atom is 0.145 e. The minimum absolute atomic E-state index is 0.927. The second-order valence-electron chi connectivity index (χ2n) is 9.91. The summed E-state index contributed by atoms with van der Waals surface area (Å²) >= 11 is 0. The Balaban J connectivity index is 1.32. The molecular formula is C36H23N3. The Morgan fingerprint density at radius 3 is 1.79 bits per heavy atom. The zero-order chi connectivity index (χ0) is 25.8.